The normalized spacial score (nSPS) is 16.6. The molecule has 1 amide bonds. The first-order chi connectivity index (χ1) is 17.2. The minimum atomic E-state index is -2.76. The summed E-state index contributed by atoms with van der Waals surface area (Å²) in [7, 11) is 0. The van der Waals surface area contributed by atoms with Crippen molar-refractivity contribution in [1.29, 1.82) is 0 Å². The number of rotatable bonds is 6. The van der Waals surface area contributed by atoms with E-state index in [-0.39, 0.29) is 49.5 Å². The van der Waals surface area contributed by atoms with Gasteiger partial charge in [0.25, 0.3) is 11.8 Å². The van der Waals surface area contributed by atoms with Crippen molar-refractivity contribution >= 4 is 11.6 Å². The molecule has 2 heterocycles. The molecule has 4 rings (SSSR count). The van der Waals surface area contributed by atoms with Crippen LogP contribution < -0.4 is 0 Å². The molecule has 1 aliphatic rings. The van der Waals surface area contributed by atoms with Crippen LogP contribution in [0.25, 0.3) is 0 Å². The number of aromatic nitrogens is 1. The second-order valence-corrected chi connectivity index (χ2v) is 8.93. The Labute approximate surface area is 206 Å². The molecule has 0 aliphatic carbocycles. The molecule has 1 atom stereocenters. The van der Waals surface area contributed by atoms with Gasteiger partial charge in [-0.3, -0.25) is 9.78 Å². The van der Waals surface area contributed by atoms with Gasteiger partial charge in [-0.2, -0.15) is 0 Å². The van der Waals surface area contributed by atoms with Gasteiger partial charge in [-0.1, -0.05) is 23.4 Å². The van der Waals surface area contributed by atoms with Gasteiger partial charge in [-0.15, -0.1) is 0 Å². The molecule has 36 heavy (non-hydrogen) atoms. The average molecular weight is 500 g/mol. The minimum absolute atomic E-state index is 0.0291. The van der Waals surface area contributed by atoms with Gasteiger partial charge in [0, 0.05) is 67.4 Å². The van der Waals surface area contributed by atoms with E-state index >= 15 is 0 Å². The zero-order valence-electron chi connectivity index (χ0n) is 19.6. The average Bonchev–Trinajstić information content (AvgIpc) is 2.85. The molecule has 0 spiro atoms. The van der Waals surface area contributed by atoms with E-state index in [1.165, 1.54) is 11.0 Å². The number of pyridine rings is 1. The van der Waals surface area contributed by atoms with E-state index in [4.69, 9.17) is 0 Å². The van der Waals surface area contributed by atoms with Crippen molar-refractivity contribution in [3.8, 4) is 0 Å². The number of carbonyl (C=O) groups is 1. The van der Waals surface area contributed by atoms with Crippen molar-refractivity contribution in [3.63, 3.8) is 0 Å². The lowest BCUT2D eigenvalue weighted by molar-refractivity contribution is -0.0494. The van der Waals surface area contributed by atoms with Gasteiger partial charge >= 0.3 is 0 Å². The van der Waals surface area contributed by atoms with Crippen LogP contribution in [0.2, 0.25) is 0 Å². The van der Waals surface area contributed by atoms with Gasteiger partial charge in [-0.05, 0) is 48.4 Å². The van der Waals surface area contributed by atoms with Crippen molar-refractivity contribution in [2.24, 2.45) is 5.16 Å². The number of oxime groups is 1. The first-order valence-corrected chi connectivity index (χ1v) is 11.5. The third-order valence-corrected chi connectivity index (χ3v) is 6.43. The second kappa shape index (κ2) is 10.5. The number of hydrogen-bond acceptors (Lipinski definition) is 4. The third-order valence-electron chi connectivity index (χ3n) is 6.43. The van der Waals surface area contributed by atoms with E-state index in [2.05, 4.69) is 10.1 Å². The van der Waals surface area contributed by atoms with Crippen molar-refractivity contribution in [2.45, 2.75) is 38.0 Å². The maximum atomic E-state index is 14.8. The number of halogens is 4. The van der Waals surface area contributed by atoms with Crippen molar-refractivity contribution in [1.82, 2.24) is 9.88 Å². The summed E-state index contributed by atoms with van der Waals surface area (Å²) in [4.78, 5) is 18.3. The maximum Gasteiger partial charge on any atom is 0.253 e. The lowest BCUT2D eigenvalue weighted by Crippen LogP contribution is -2.42. The predicted molar refractivity (Wildman–Crippen MR) is 127 cm³/mol. The van der Waals surface area contributed by atoms with Crippen molar-refractivity contribution < 1.29 is 27.6 Å². The minimum Gasteiger partial charge on any atom is -0.411 e. The Balaban J connectivity index is 1.64. The highest BCUT2D eigenvalue weighted by atomic mass is 19.3. The number of nitrogens with zero attached hydrogens (tertiary/aromatic N) is 3. The molecule has 3 aromatic rings. The monoisotopic (exact) mass is 499 g/mol. The van der Waals surface area contributed by atoms with Crippen molar-refractivity contribution in [2.75, 3.05) is 13.1 Å². The number of likely N-dealkylation sites (tertiary alicyclic amines) is 1. The van der Waals surface area contributed by atoms with Gasteiger partial charge < -0.3 is 10.1 Å². The standard InChI is InChI=1S/C27H25F4N3O2/c1-17-14-20(8-11-32-17)25(33-36)16-23(22-7-6-21(28)15-24(22)29)18-2-4-19(5-3-18)26(35)34-12-9-27(30,31)10-13-34/h2-8,11,14-15,23,36H,9-10,12-13,16H2,1H3/b33-25-. The molecule has 1 aromatic heterocycles. The third kappa shape index (κ3) is 5.72. The molecule has 0 radical (unpaired) electrons. The number of amides is 1. The summed E-state index contributed by atoms with van der Waals surface area (Å²) in [5.41, 5.74) is 2.71. The highest BCUT2D eigenvalue weighted by molar-refractivity contribution is 6.01. The Kier molecular flexibility index (Phi) is 7.37. The Bertz CT molecular complexity index is 1270. The van der Waals surface area contributed by atoms with Gasteiger partial charge in [0.2, 0.25) is 0 Å². The summed E-state index contributed by atoms with van der Waals surface area (Å²) < 4.78 is 55.4. The molecule has 1 unspecified atom stereocenters. The molecule has 9 heteroatoms. The van der Waals surface area contributed by atoms with Crippen LogP contribution in [0.3, 0.4) is 0 Å². The highest BCUT2D eigenvalue weighted by Crippen LogP contribution is 2.33. The number of alkyl halides is 2. The molecule has 188 valence electrons. The quantitative estimate of drug-likeness (QED) is 0.198. The lowest BCUT2D eigenvalue weighted by Gasteiger charge is -2.31. The fourth-order valence-electron chi connectivity index (χ4n) is 4.40. The molecule has 2 aromatic carbocycles. The number of benzene rings is 2. The number of hydrogen-bond donors (Lipinski definition) is 1. The largest absolute Gasteiger partial charge is 0.411 e. The van der Waals surface area contributed by atoms with Crippen LogP contribution in [0.1, 0.15) is 57.9 Å². The Hall–Kier alpha value is -3.75. The molecule has 1 N–H and O–H groups in total. The van der Waals surface area contributed by atoms with E-state index in [0.29, 0.717) is 22.4 Å². The zero-order valence-corrected chi connectivity index (χ0v) is 19.6. The van der Waals surface area contributed by atoms with Crippen LogP contribution in [-0.2, 0) is 0 Å². The predicted octanol–water partition coefficient (Wildman–Crippen LogP) is 5.94. The lowest BCUT2D eigenvalue weighted by atomic mass is 9.84. The second-order valence-electron chi connectivity index (χ2n) is 8.93. The summed E-state index contributed by atoms with van der Waals surface area (Å²) in [6.45, 7) is 1.73. The van der Waals surface area contributed by atoms with Gasteiger partial charge in [0.1, 0.15) is 11.6 Å². The Morgan fingerprint density at radius 3 is 2.36 bits per heavy atom. The summed E-state index contributed by atoms with van der Waals surface area (Å²) in [5, 5.41) is 13.2. The summed E-state index contributed by atoms with van der Waals surface area (Å²) in [6.07, 6.45) is 0.901. The molecule has 1 fully saturated rings. The molecular formula is C27H25F4N3O2. The fourth-order valence-corrected chi connectivity index (χ4v) is 4.40. The molecule has 5 nitrogen and oxygen atoms in total. The number of piperidine rings is 1. The fraction of sp³-hybridized carbons (Fsp3) is 0.296. The topological polar surface area (TPSA) is 65.8 Å². The van der Waals surface area contributed by atoms with E-state index in [1.807, 2.05) is 0 Å². The van der Waals surface area contributed by atoms with Crippen LogP contribution in [-0.4, -0.2) is 45.7 Å². The van der Waals surface area contributed by atoms with Gasteiger partial charge in [0.15, 0.2) is 0 Å². The van der Waals surface area contributed by atoms with E-state index < -0.39 is 23.5 Å². The van der Waals surface area contributed by atoms with Gasteiger partial charge in [-0.25, -0.2) is 17.6 Å². The first kappa shape index (κ1) is 25.3. The van der Waals surface area contributed by atoms with E-state index in [1.54, 1.807) is 49.5 Å². The summed E-state index contributed by atoms with van der Waals surface area (Å²) >= 11 is 0. The molecular weight excluding hydrogens is 474 g/mol. The van der Waals surface area contributed by atoms with E-state index in [0.717, 1.165) is 12.1 Å². The van der Waals surface area contributed by atoms with E-state index in [9.17, 15) is 27.6 Å². The van der Waals surface area contributed by atoms with Crippen LogP contribution in [0.5, 0.6) is 0 Å². The number of carbonyl (C=O) groups excluding carboxylic acids is 1. The van der Waals surface area contributed by atoms with Gasteiger partial charge in [0.05, 0.1) is 5.71 Å². The molecule has 0 bridgehead atoms. The number of aryl methyl sites for hydroxylation is 1. The summed E-state index contributed by atoms with van der Waals surface area (Å²) in [6, 6.07) is 13.1. The Morgan fingerprint density at radius 2 is 1.75 bits per heavy atom. The highest BCUT2D eigenvalue weighted by Gasteiger charge is 2.35. The van der Waals surface area contributed by atoms with Crippen molar-refractivity contribution in [3.05, 3.63) is 100 Å². The van der Waals surface area contributed by atoms with Crippen LogP contribution in [0.4, 0.5) is 17.6 Å². The SMILES string of the molecule is Cc1cc(/C(CC(c2ccc(C(=O)N3CCC(F)(F)CC3)cc2)c2ccc(F)cc2F)=N\O)ccn1. The molecule has 1 saturated heterocycles. The van der Waals surface area contributed by atoms with Crippen LogP contribution >= 0.6 is 0 Å². The van der Waals surface area contributed by atoms with Crippen LogP contribution in [0.15, 0.2) is 65.9 Å². The first-order valence-electron chi connectivity index (χ1n) is 11.5. The zero-order chi connectivity index (χ0) is 25.9. The molecule has 0 saturated carbocycles. The summed E-state index contributed by atoms with van der Waals surface area (Å²) in [5.74, 6) is -5.25. The van der Waals surface area contributed by atoms with Crippen LogP contribution in [0, 0.1) is 18.6 Å². The molecule has 1 aliphatic heterocycles. The maximum absolute atomic E-state index is 14.8. The smallest absolute Gasteiger partial charge is 0.253 e. The Morgan fingerprint density at radius 1 is 1.06 bits per heavy atom.